The minimum atomic E-state index is -0.339. The van der Waals surface area contributed by atoms with Crippen LogP contribution in [-0.2, 0) is 4.74 Å². The van der Waals surface area contributed by atoms with Gasteiger partial charge in [0.1, 0.15) is 6.10 Å². The average Bonchev–Trinajstić information content (AvgIpc) is 3.30. The second-order valence-corrected chi connectivity index (χ2v) is 9.21. The molecule has 0 spiro atoms. The van der Waals surface area contributed by atoms with Gasteiger partial charge < -0.3 is 10.5 Å². The Hall–Kier alpha value is -3.58. The number of benzene rings is 1. The van der Waals surface area contributed by atoms with Crippen molar-refractivity contribution in [3.63, 3.8) is 0 Å². The highest BCUT2D eigenvalue weighted by Crippen LogP contribution is 2.32. The SMILES string of the molecule is Cc1cccc(-c2[nH]ncc2-c2ccc3ncc(C(=O)O[C@H]4CC[C@@](C)(N)CC4)cc3c2)n1. The van der Waals surface area contributed by atoms with Gasteiger partial charge in [0.25, 0.3) is 0 Å². The summed E-state index contributed by atoms with van der Waals surface area (Å²) in [5, 5.41) is 8.17. The van der Waals surface area contributed by atoms with Crippen LogP contribution in [0.2, 0.25) is 0 Å². The molecule has 3 aromatic heterocycles. The van der Waals surface area contributed by atoms with Gasteiger partial charge in [-0.3, -0.25) is 15.1 Å². The molecule has 7 heteroatoms. The van der Waals surface area contributed by atoms with E-state index in [0.29, 0.717) is 5.56 Å². The third-order valence-corrected chi connectivity index (χ3v) is 6.36. The van der Waals surface area contributed by atoms with E-state index in [1.165, 1.54) is 0 Å². The second-order valence-electron chi connectivity index (χ2n) is 9.21. The number of nitrogens with one attached hydrogen (secondary N) is 1. The van der Waals surface area contributed by atoms with Crippen molar-refractivity contribution in [2.75, 3.05) is 0 Å². The van der Waals surface area contributed by atoms with E-state index in [1.54, 1.807) is 12.4 Å². The fourth-order valence-corrected chi connectivity index (χ4v) is 4.38. The van der Waals surface area contributed by atoms with Crippen LogP contribution in [-0.4, -0.2) is 37.8 Å². The quantitative estimate of drug-likeness (QED) is 0.440. The normalized spacial score (nSPS) is 20.6. The van der Waals surface area contributed by atoms with Crippen LogP contribution in [0, 0.1) is 6.92 Å². The Morgan fingerprint density at radius 1 is 1.15 bits per heavy atom. The number of pyridine rings is 2. The first-order chi connectivity index (χ1) is 15.9. The summed E-state index contributed by atoms with van der Waals surface area (Å²) in [6.07, 6.45) is 6.58. The summed E-state index contributed by atoms with van der Waals surface area (Å²) in [4.78, 5) is 21.9. The van der Waals surface area contributed by atoms with Crippen LogP contribution < -0.4 is 5.73 Å². The van der Waals surface area contributed by atoms with E-state index in [-0.39, 0.29) is 17.6 Å². The van der Waals surface area contributed by atoms with Gasteiger partial charge in [0.15, 0.2) is 0 Å². The number of H-pyrrole nitrogens is 1. The summed E-state index contributed by atoms with van der Waals surface area (Å²) in [7, 11) is 0. The predicted molar refractivity (Wildman–Crippen MR) is 128 cm³/mol. The number of hydrogen-bond acceptors (Lipinski definition) is 6. The Morgan fingerprint density at radius 2 is 1.97 bits per heavy atom. The number of nitrogens with zero attached hydrogens (tertiary/aromatic N) is 3. The van der Waals surface area contributed by atoms with E-state index >= 15 is 0 Å². The number of carbonyl (C=O) groups excluding carboxylic acids is 1. The molecule has 3 heterocycles. The van der Waals surface area contributed by atoms with Crippen molar-refractivity contribution >= 4 is 16.9 Å². The molecule has 33 heavy (non-hydrogen) atoms. The Balaban J connectivity index is 1.41. The lowest BCUT2D eigenvalue weighted by Crippen LogP contribution is -2.42. The lowest BCUT2D eigenvalue weighted by atomic mass is 9.83. The molecule has 1 aromatic carbocycles. The topological polar surface area (TPSA) is 107 Å². The maximum atomic E-state index is 12.8. The van der Waals surface area contributed by atoms with E-state index in [9.17, 15) is 4.79 Å². The Labute approximate surface area is 192 Å². The van der Waals surface area contributed by atoms with Gasteiger partial charge in [0.05, 0.1) is 28.7 Å². The molecular formula is C26H27N5O2. The Bertz CT molecular complexity index is 1320. The number of aromatic nitrogens is 4. The average molecular weight is 442 g/mol. The minimum Gasteiger partial charge on any atom is -0.459 e. The molecule has 5 rings (SSSR count). The molecule has 0 amide bonds. The first kappa shape index (κ1) is 21.3. The number of rotatable bonds is 4. The highest BCUT2D eigenvalue weighted by atomic mass is 16.5. The third kappa shape index (κ3) is 4.50. The zero-order chi connectivity index (χ0) is 23.0. The second kappa shape index (κ2) is 8.41. The lowest BCUT2D eigenvalue weighted by molar-refractivity contribution is 0.0152. The van der Waals surface area contributed by atoms with E-state index in [0.717, 1.165) is 64.8 Å². The van der Waals surface area contributed by atoms with Crippen LogP contribution in [0.4, 0.5) is 0 Å². The number of aryl methyl sites for hydroxylation is 1. The molecule has 0 radical (unpaired) electrons. The van der Waals surface area contributed by atoms with Gasteiger partial charge in [-0.1, -0.05) is 12.1 Å². The highest BCUT2D eigenvalue weighted by Gasteiger charge is 2.29. The van der Waals surface area contributed by atoms with Gasteiger partial charge in [-0.2, -0.15) is 5.10 Å². The summed E-state index contributed by atoms with van der Waals surface area (Å²) >= 11 is 0. The molecule has 1 fully saturated rings. The molecule has 0 atom stereocenters. The number of esters is 1. The molecule has 1 aliphatic carbocycles. The van der Waals surface area contributed by atoms with E-state index in [1.807, 2.05) is 49.4 Å². The molecule has 7 nitrogen and oxygen atoms in total. The van der Waals surface area contributed by atoms with E-state index < -0.39 is 0 Å². The molecule has 0 bridgehead atoms. The largest absolute Gasteiger partial charge is 0.459 e. The molecule has 168 valence electrons. The summed E-state index contributed by atoms with van der Waals surface area (Å²) in [5.41, 5.74) is 11.8. The molecular weight excluding hydrogens is 414 g/mol. The van der Waals surface area contributed by atoms with Gasteiger partial charge in [-0.15, -0.1) is 0 Å². The number of fused-ring (bicyclic) bond motifs is 1. The maximum Gasteiger partial charge on any atom is 0.339 e. The maximum absolute atomic E-state index is 12.8. The van der Waals surface area contributed by atoms with Gasteiger partial charge in [-0.25, -0.2) is 4.79 Å². The smallest absolute Gasteiger partial charge is 0.339 e. The third-order valence-electron chi connectivity index (χ3n) is 6.36. The van der Waals surface area contributed by atoms with Crippen molar-refractivity contribution in [1.82, 2.24) is 20.2 Å². The Kier molecular flexibility index (Phi) is 5.42. The molecule has 1 saturated carbocycles. The molecule has 4 aromatic rings. The van der Waals surface area contributed by atoms with Crippen molar-refractivity contribution in [2.45, 2.75) is 51.2 Å². The zero-order valence-corrected chi connectivity index (χ0v) is 18.8. The van der Waals surface area contributed by atoms with Crippen molar-refractivity contribution in [2.24, 2.45) is 5.73 Å². The number of carbonyl (C=O) groups is 1. The van der Waals surface area contributed by atoms with Crippen LogP contribution in [0.1, 0.15) is 48.7 Å². The molecule has 3 N–H and O–H groups in total. The van der Waals surface area contributed by atoms with Crippen molar-refractivity contribution in [3.8, 4) is 22.5 Å². The molecule has 1 aliphatic rings. The van der Waals surface area contributed by atoms with Crippen LogP contribution >= 0.6 is 0 Å². The molecule has 0 saturated heterocycles. The summed E-state index contributed by atoms with van der Waals surface area (Å²) in [6.45, 7) is 4.01. The van der Waals surface area contributed by atoms with Crippen LogP contribution in [0.15, 0.2) is 54.9 Å². The van der Waals surface area contributed by atoms with Gasteiger partial charge >= 0.3 is 5.97 Å². The number of ether oxygens (including phenoxy) is 1. The van der Waals surface area contributed by atoms with Gasteiger partial charge in [-0.05, 0) is 75.4 Å². The Morgan fingerprint density at radius 3 is 2.76 bits per heavy atom. The zero-order valence-electron chi connectivity index (χ0n) is 18.8. The van der Waals surface area contributed by atoms with Gasteiger partial charge in [0.2, 0.25) is 0 Å². The van der Waals surface area contributed by atoms with Crippen LogP contribution in [0.3, 0.4) is 0 Å². The fraction of sp³-hybridized carbons (Fsp3) is 0.308. The summed E-state index contributed by atoms with van der Waals surface area (Å²) in [5.74, 6) is -0.339. The van der Waals surface area contributed by atoms with Crippen molar-refractivity contribution < 1.29 is 9.53 Å². The summed E-state index contributed by atoms with van der Waals surface area (Å²) in [6, 6.07) is 13.7. The van der Waals surface area contributed by atoms with Crippen molar-refractivity contribution in [3.05, 3.63) is 66.1 Å². The summed E-state index contributed by atoms with van der Waals surface area (Å²) < 4.78 is 5.75. The highest BCUT2D eigenvalue weighted by molar-refractivity contribution is 5.95. The van der Waals surface area contributed by atoms with Gasteiger partial charge in [0, 0.05) is 28.4 Å². The van der Waals surface area contributed by atoms with E-state index in [4.69, 9.17) is 10.5 Å². The minimum absolute atomic E-state index is 0.0912. The van der Waals surface area contributed by atoms with Crippen LogP contribution in [0.5, 0.6) is 0 Å². The lowest BCUT2D eigenvalue weighted by Gasteiger charge is -2.33. The van der Waals surface area contributed by atoms with Crippen LogP contribution in [0.25, 0.3) is 33.4 Å². The standard InChI is InChI=1S/C26H27N5O2/c1-16-4-3-5-23(30-16)24-21(15-29-31-24)17-6-7-22-18(12-17)13-19(14-28-22)25(32)33-20-8-10-26(2,27)11-9-20/h3-7,12-15,20H,8-11,27H2,1-2H3,(H,29,31)/t20-,26+. The monoisotopic (exact) mass is 441 g/mol. The number of nitrogens with two attached hydrogens (primary N) is 1. The van der Waals surface area contributed by atoms with Crippen molar-refractivity contribution in [1.29, 1.82) is 0 Å². The number of hydrogen-bond donors (Lipinski definition) is 2. The van der Waals surface area contributed by atoms with E-state index in [2.05, 4.69) is 27.1 Å². The predicted octanol–water partition coefficient (Wildman–Crippen LogP) is 4.81. The molecule has 0 aliphatic heterocycles. The molecule has 0 unspecified atom stereocenters. The number of aromatic amines is 1. The fourth-order valence-electron chi connectivity index (χ4n) is 4.38. The first-order valence-electron chi connectivity index (χ1n) is 11.3. The first-order valence-corrected chi connectivity index (χ1v) is 11.3.